The number of nitrogens with zero attached hydrogens (tertiary/aromatic N) is 2. The zero-order chi connectivity index (χ0) is 18.5. The first-order chi connectivity index (χ1) is 12.5. The highest BCUT2D eigenvalue weighted by atomic mass is 32.2. The molecular weight excluding hydrogens is 370 g/mol. The van der Waals surface area contributed by atoms with E-state index in [1.54, 1.807) is 23.5 Å². The van der Waals surface area contributed by atoms with Gasteiger partial charge in [-0.1, -0.05) is 0 Å². The van der Waals surface area contributed by atoms with Crippen LogP contribution in [-0.2, 0) is 11.3 Å². The minimum absolute atomic E-state index is 0.0676. The Morgan fingerprint density at radius 2 is 2.00 bits per heavy atom. The second-order valence-corrected chi connectivity index (χ2v) is 8.59. The molecule has 0 spiro atoms. The van der Waals surface area contributed by atoms with Gasteiger partial charge in [-0.2, -0.15) is 11.3 Å². The van der Waals surface area contributed by atoms with E-state index in [0.29, 0.717) is 0 Å². The number of thioether (sulfide) groups is 1. The number of piperazine rings is 1. The molecule has 1 N–H and O–H groups in total. The maximum absolute atomic E-state index is 12.7. The monoisotopic (exact) mass is 392 g/mol. The normalized spacial score (nSPS) is 16.4. The average Bonchev–Trinajstić information content (AvgIpc) is 3.15. The van der Waals surface area contributed by atoms with Crippen molar-refractivity contribution in [3.63, 3.8) is 0 Å². The van der Waals surface area contributed by atoms with E-state index < -0.39 is 4.92 Å². The molecule has 3 rings (SSSR count). The average molecular weight is 393 g/mol. The van der Waals surface area contributed by atoms with Crippen molar-refractivity contribution in [1.82, 2.24) is 4.90 Å². The van der Waals surface area contributed by atoms with Crippen LogP contribution in [0.4, 0.5) is 5.69 Å². The summed E-state index contributed by atoms with van der Waals surface area (Å²) in [5.74, 6) is 0.142. The van der Waals surface area contributed by atoms with Crippen LogP contribution in [0.5, 0.6) is 0 Å². The van der Waals surface area contributed by atoms with Crippen molar-refractivity contribution < 1.29 is 14.6 Å². The number of carbonyl (C=O) groups excluding carboxylic acids is 1. The van der Waals surface area contributed by atoms with E-state index in [1.165, 1.54) is 34.4 Å². The molecule has 8 heteroatoms. The smallest absolute Gasteiger partial charge is 0.269 e. The van der Waals surface area contributed by atoms with Gasteiger partial charge in [0.05, 0.1) is 36.4 Å². The second-order valence-electron chi connectivity index (χ2n) is 6.39. The van der Waals surface area contributed by atoms with Crippen LogP contribution >= 0.6 is 23.1 Å². The van der Waals surface area contributed by atoms with E-state index in [0.717, 1.165) is 37.6 Å². The number of benzene rings is 1. The lowest BCUT2D eigenvalue weighted by atomic mass is 10.2. The van der Waals surface area contributed by atoms with Crippen LogP contribution in [0.2, 0.25) is 0 Å². The Balaban J connectivity index is 1.48. The largest absolute Gasteiger partial charge is 0.330 e. The fourth-order valence-electron chi connectivity index (χ4n) is 3.06. The molecule has 1 aromatic heterocycles. The molecule has 0 unspecified atom stereocenters. The summed E-state index contributed by atoms with van der Waals surface area (Å²) in [7, 11) is 0. The quantitative estimate of drug-likeness (QED) is 0.464. The summed E-state index contributed by atoms with van der Waals surface area (Å²) in [6, 6.07) is 8.53. The molecule has 1 aromatic carbocycles. The van der Waals surface area contributed by atoms with E-state index in [1.807, 2.05) is 11.8 Å². The molecule has 1 aliphatic rings. The van der Waals surface area contributed by atoms with Crippen molar-refractivity contribution in [1.29, 1.82) is 0 Å². The molecule has 1 atom stereocenters. The number of rotatable bonds is 6. The molecule has 26 heavy (non-hydrogen) atoms. The summed E-state index contributed by atoms with van der Waals surface area (Å²) < 4.78 is 0. The van der Waals surface area contributed by atoms with Crippen molar-refractivity contribution in [2.75, 3.05) is 26.2 Å². The van der Waals surface area contributed by atoms with Crippen LogP contribution in [0.25, 0.3) is 0 Å². The fraction of sp³-hybridized carbons (Fsp3) is 0.389. The number of amides is 1. The maximum Gasteiger partial charge on any atom is 0.269 e. The highest BCUT2D eigenvalue weighted by Crippen LogP contribution is 2.26. The first kappa shape index (κ1) is 18.9. The summed E-state index contributed by atoms with van der Waals surface area (Å²) >= 11 is 3.17. The number of hydrogen-bond donors (Lipinski definition) is 1. The van der Waals surface area contributed by atoms with Gasteiger partial charge in [-0.05, 0) is 35.9 Å². The van der Waals surface area contributed by atoms with Crippen molar-refractivity contribution in [3.8, 4) is 0 Å². The lowest BCUT2D eigenvalue weighted by Gasteiger charge is -2.33. The molecular formula is C18H22N3O3S2+. The zero-order valence-electron chi connectivity index (χ0n) is 14.6. The predicted octanol–water partition coefficient (Wildman–Crippen LogP) is 2.06. The SMILES string of the molecule is C[C@@H](Sc1ccc([N+](=O)[O-])cc1)C(=O)N1CC[NH+](Cc2ccsc2)CC1. The number of carbonyl (C=O) groups is 1. The van der Waals surface area contributed by atoms with Gasteiger partial charge in [-0.15, -0.1) is 11.8 Å². The number of hydrogen-bond acceptors (Lipinski definition) is 5. The van der Waals surface area contributed by atoms with Gasteiger partial charge in [0, 0.05) is 22.6 Å². The Labute approximate surface area is 160 Å². The molecule has 0 aliphatic carbocycles. The van der Waals surface area contributed by atoms with Crippen LogP contribution in [-0.4, -0.2) is 47.2 Å². The molecule has 6 nitrogen and oxygen atoms in total. The Bertz CT molecular complexity index is 742. The number of nitro benzene ring substituents is 1. The zero-order valence-corrected chi connectivity index (χ0v) is 16.2. The maximum atomic E-state index is 12.7. The van der Waals surface area contributed by atoms with Crippen LogP contribution in [0.1, 0.15) is 12.5 Å². The number of quaternary nitrogens is 1. The highest BCUT2D eigenvalue weighted by molar-refractivity contribution is 8.00. The summed E-state index contributed by atoms with van der Waals surface area (Å²) in [4.78, 5) is 27.3. The summed E-state index contributed by atoms with van der Waals surface area (Å²) in [6.07, 6.45) is 0. The highest BCUT2D eigenvalue weighted by Gasteiger charge is 2.27. The van der Waals surface area contributed by atoms with Gasteiger partial charge < -0.3 is 9.80 Å². The van der Waals surface area contributed by atoms with Gasteiger partial charge in [0.1, 0.15) is 6.54 Å². The Hall–Kier alpha value is -1.90. The van der Waals surface area contributed by atoms with Gasteiger partial charge in [0.25, 0.3) is 5.69 Å². The first-order valence-electron chi connectivity index (χ1n) is 8.57. The fourth-order valence-corrected chi connectivity index (χ4v) is 4.68. The summed E-state index contributed by atoms with van der Waals surface area (Å²) in [5.41, 5.74) is 1.44. The molecule has 1 fully saturated rings. The van der Waals surface area contributed by atoms with Gasteiger partial charge in [0.15, 0.2) is 0 Å². The van der Waals surface area contributed by atoms with E-state index in [2.05, 4.69) is 16.8 Å². The van der Waals surface area contributed by atoms with E-state index in [4.69, 9.17) is 0 Å². The number of nitro groups is 1. The Morgan fingerprint density at radius 3 is 2.58 bits per heavy atom. The number of thiophene rings is 1. The minimum Gasteiger partial charge on any atom is -0.330 e. The summed E-state index contributed by atoms with van der Waals surface area (Å²) in [6.45, 7) is 6.43. The van der Waals surface area contributed by atoms with Crippen LogP contribution in [0.3, 0.4) is 0 Å². The Kier molecular flexibility index (Phi) is 6.29. The molecule has 0 bridgehead atoms. The van der Waals surface area contributed by atoms with E-state index >= 15 is 0 Å². The van der Waals surface area contributed by atoms with Crippen molar-refractivity contribution in [2.24, 2.45) is 0 Å². The van der Waals surface area contributed by atoms with Crippen LogP contribution in [0.15, 0.2) is 46.0 Å². The van der Waals surface area contributed by atoms with Crippen molar-refractivity contribution in [3.05, 3.63) is 56.8 Å². The van der Waals surface area contributed by atoms with Gasteiger partial charge in [-0.3, -0.25) is 14.9 Å². The predicted molar refractivity (Wildman–Crippen MR) is 104 cm³/mol. The standard InChI is InChI=1S/C18H21N3O3S2/c1-14(26-17-4-2-16(3-5-17)21(23)24)18(22)20-9-7-19(8-10-20)12-15-6-11-25-13-15/h2-6,11,13-14H,7-10,12H2,1H3/p+1/t14-/m1/s1. The number of nitrogens with one attached hydrogen (secondary N) is 1. The third-order valence-corrected chi connectivity index (χ3v) is 6.36. The van der Waals surface area contributed by atoms with Crippen molar-refractivity contribution in [2.45, 2.75) is 23.6 Å². The lowest BCUT2D eigenvalue weighted by Crippen LogP contribution is -3.13. The molecule has 1 aliphatic heterocycles. The number of non-ortho nitro benzene ring substituents is 1. The summed E-state index contributed by atoms with van der Waals surface area (Å²) in [5, 5.41) is 14.8. The molecule has 0 saturated carbocycles. The van der Waals surface area contributed by atoms with Gasteiger partial charge in [0.2, 0.25) is 5.91 Å². The van der Waals surface area contributed by atoms with E-state index in [9.17, 15) is 14.9 Å². The van der Waals surface area contributed by atoms with Crippen molar-refractivity contribution >= 4 is 34.7 Å². The van der Waals surface area contributed by atoms with Gasteiger partial charge >= 0.3 is 0 Å². The third-order valence-electron chi connectivity index (χ3n) is 4.52. The third kappa shape index (κ3) is 4.84. The Morgan fingerprint density at radius 1 is 1.31 bits per heavy atom. The molecule has 0 radical (unpaired) electrons. The molecule has 1 saturated heterocycles. The minimum atomic E-state index is -0.416. The van der Waals surface area contributed by atoms with Crippen LogP contribution in [0, 0.1) is 10.1 Å². The molecule has 138 valence electrons. The molecule has 2 aromatic rings. The van der Waals surface area contributed by atoms with Crippen LogP contribution < -0.4 is 4.90 Å². The molecule has 2 heterocycles. The second kappa shape index (κ2) is 8.66. The molecule has 1 amide bonds. The first-order valence-corrected chi connectivity index (χ1v) is 10.4. The van der Waals surface area contributed by atoms with E-state index in [-0.39, 0.29) is 16.8 Å². The topological polar surface area (TPSA) is 67.9 Å². The lowest BCUT2D eigenvalue weighted by molar-refractivity contribution is -0.917. The van der Waals surface area contributed by atoms with Gasteiger partial charge in [-0.25, -0.2) is 0 Å².